The Balaban J connectivity index is 1.74. The van der Waals surface area contributed by atoms with Crippen LogP contribution in [0.4, 0.5) is 0 Å². The molecule has 1 amide bonds. The van der Waals surface area contributed by atoms with Gasteiger partial charge in [-0.2, -0.15) is 0 Å². The fourth-order valence-corrected chi connectivity index (χ4v) is 2.43. The van der Waals surface area contributed by atoms with Gasteiger partial charge in [0.25, 0.3) is 5.91 Å². The summed E-state index contributed by atoms with van der Waals surface area (Å²) >= 11 is 0. The molecule has 1 aliphatic rings. The third-order valence-electron chi connectivity index (χ3n) is 3.47. The van der Waals surface area contributed by atoms with E-state index in [4.69, 9.17) is 9.15 Å². The molecule has 1 atom stereocenters. The van der Waals surface area contributed by atoms with Crippen LogP contribution in [0.3, 0.4) is 0 Å². The minimum absolute atomic E-state index is 0.0903. The van der Waals surface area contributed by atoms with Gasteiger partial charge in [-0.05, 0) is 31.0 Å². The molecule has 4 nitrogen and oxygen atoms in total. The van der Waals surface area contributed by atoms with Gasteiger partial charge in [0, 0.05) is 18.7 Å². The van der Waals surface area contributed by atoms with Crippen molar-refractivity contribution in [2.75, 3.05) is 13.2 Å². The highest BCUT2D eigenvalue weighted by Crippen LogP contribution is 2.24. The molecule has 4 heteroatoms. The highest BCUT2D eigenvalue weighted by Gasteiger charge is 2.18. The first-order valence-corrected chi connectivity index (χ1v) is 6.87. The van der Waals surface area contributed by atoms with E-state index < -0.39 is 0 Å². The van der Waals surface area contributed by atoms with Crippen LogP contribution in [0.25, 0.3) is 11.3 Å². The van der Waals surface area contributed by atoms with Crippen molar-refractivity contribution in [2.24, 2.45) is 0 Å². The number of rotatable bonds is 4. The van der Waals surface area contributed by atoms with Crippen molar-refractivity contribution in [3.05, 3.63) is 48.2 Å². The van der Waals surface area contributed by atoms with E-state index in [-0.39, 0.29) is 12.0 Å². The summed E-state index contributed by atoms with van der Waals surface area (Å²) in [5.41, 5.74) is 1.43. The number of carbonyl (C=O) groups is 1. The summed E-state index contributed by atoms with van der Waals surface area (Å²) in [5, 5.41) is 2.94. The molecular formula is C16H17NO3. The van der Waals surface area contributed by atoms with Crippen LogP contribution in [0.15, 0.2) is 47.1 Å². The Morgan fingerprint density at radius 2 is 2.15 bits per heavy atom. The third kappa shape index (κ3) is 2.75. The molecule has 1 unspecified atom stereocenters. The van der Waals surface area contributed by atoms with E-state index in [1.807, 2.05) is 36.4 Å². The predicted octanol–water partition coefficient (Wildman–Crippen LogP) is 2.86. The van der Waals surface area contributed by atoms with E-state index in [9.17, 15) is 4.79 Å². The minimum Gasteiger partial charge on any atom is -0.464 e. The molecule has 2 aromatic rings. The maximum Gasteiger partial charge on any atom is 0.252 e. The van der Waals surface area contributed by atoms with Gasteiger partial charge in [-0.3, -0.25) is 4.79 Å². The van der Waals surface area contributed by atoms with Crippen molar-refractivity contribution in [3.8, 4) is 11.3 Å². The summed E-state index contributed by atoms with van der Waals surface area (Å²) in [4.78, 5) is 12.3. The van der Waals surface area contributed by atoms with Crippen LogP contribution in [0, 0.1) is 0 Å². The van der Waals surface area contributed by atoms with Crippen molar-refractivity contribution in [1.82, 2.24) is 5.32 Å². The van der Waals surface area contributed by atoms with Crippen LogP contribution in [0.2, 0.25) is 0 Å². The standard InChI is InChI=1S/C16H17NO3/c18-16(17-11-12-5-3-9-19-12)14-7-2-1-6-13(14)15-8-4-10-20-15/h1-2,4,6-8,10,12H,3,5,9,11H2,(H,17,18). The molecule has 1 fully saturated rings. The molecule has 1 aromatic heterocycles. The Bertz CT molecular complexity index is 571. The maximum atomic E-state index is 12.3. The smallest absolute Gasteiger partial charge is 0.252 e. The Morgan fingerprint density at radius 3 is 2.90 bits per heavy atom. The number of furan rings is 1. The lowest BCUT2D eigenvalue weighted by molar-refractivity contribution is 0.0858. The minimum atomic E-state index is -0.0903. The largest absolute Gasteiger partial charge is 0.464 e. The molecule has 1 aliphatic heterocycles. The van der Waals surface area contributed by atoms with E-state index in [0.717, 1.165) is 25.0 Å². The predicted molar refractivity (Wildman–Crippen MR) is 75.5 cm³/mol. The van der Waals surface area contributed by atoms with Gasteiger partial charge in [-0.15, -0.1) is 0 Å². The summed E-state index contributed by atoms with van der Waals surface area (Å²) in [7, 11) is 0. The molecule has 0 aliphatic carbocycles. The third-order valence-corrected chi connectivity index (χ3v) is 3.47. The van der Waals surface area contributed by atoms with Crippen LogP contribution in [-0.4, -0.2) is 25.2 Å². The average molecular weight is 271 g/mol. The summed E-state index contributed by atoms with van der Waals surface area (Å²) in [6.45, 7) is 1.36. The van der Waals surface area contributed by atoms with Crippen LogP contribution in [-0.2, 0) is 4.74 Å². The zero-order valence-electron chi connectivity index (χ0n) is 11.2. The maximum absolute atomic E-state index is 12.3. The SMILES string of the molecule is O=C(NCC1CCCO1)c1ccccc1-c1ccco1. The van der Waals surface area contributed by atoms with E-state index in [1.54, 1.807) is 6.26 Å². The van der Waals surface area contributed by atoms with Crippen LogP contribution in [0.5, 0.6) is 0 Å². The Labute approximate surface area is 117 Å². The number of hydrogen-bond acceptors (Lipinski definition) is 3. The van der Waals surface area contributed by atoms with E-state index in [0.29, 0.717) is 17.9 Å². The van der Waals surface area contributed by atoms with Gasteiger partial charge in [0.2, 0.25) is 0 Å². The Hall–Kier alpha value is -2.07. The molecule has 3 rings (SSSR count). The molecule has 20 heavy (non-hydrogen) atoms. The lowest BCUT2D eigenvalue weighted by atomic mass is 10.0. The normalized spacial score (nSPS) is 18.1. The molecule has 1 saturated heterocycles. The zero-order chi connectivity index (χ0) is 13.8. The highest BCUT2D eigenvalue weighted by molar-refractivity contribution is 6.00. The van der Waals surface area contributed by atoms with Gasteiger partial charge in [0.15, 0.2) is 0 Å². The fourth-order valence-electron chi connectivity index (χ4n) is 2.43. The topological polar surface area (TPSA) is 51.5 Å². The summed E-state index contributed by atoms with van der Waals surface area (Å²) in [5.74, 6) is 0.611. The van der Waals surface area contributed by atoms with Crippen molar-refractivity contribution < 1.29 is 13.9 Å². The van der Waals surface area contributed by atoms with Gasteiger partial charge in [-0.1, -0.05) is 18.2 Å². The van der Waals surface area contributed by atoms with Gasteiger partial charge in [0.05, 0.1) is 17.9 Å². The second kappa shape index (κ2) is 5.92. The van der Waals surface area contributed by atoms with Gasteiger partial charge >= 0.3 is 0 Å². The molecule has 1 aromatic carbocycles. The van der Waals surface area contributed by atoms with Crippen molar-refractivity contribution in [3.63, 3.8) is 0 Å². The second-order valence-electron chi connectivity index (χ2n) is 4.87. The molecule has 2 heterocycles. The summed E-state index contributed by atoms with van der Waals surface area (Å²) in [6.07, 6.45) is 3.84. The molecule has 0 radical (unpaired) electrons. The first kappa shape index (κ1) is 12.9. The first-order chi connectivity index (χ1) is 9.84. The van der Waals surface area contributed by atoms with E-state index in [2.05, 4.69) is 5.32 Å². The molecule has 104 valence electrons. The van der Waals surface area contributed by atoms with Crippen molar-refractivity contribution in [2.45, 2.75) is 18.9 Å². The van der Waals surface area contributed by atoms with Gasteiger partial charge < -0.3 is 14.5 Å². The average Bonchev–Trinajstić information content (AvgIpc) is 3.18. The monoisotopic (exact) mass is 271 g/mol. The first-order valence-electron chi connectivity index (χ1n) is 6.87. The number of benzene rings is 1. The van der Waals surface area contributed by atoms with Crippen LogP contribution >= 0.6 is 0 Å². The summed E-state index contributed by atoms with van der Waals surface area (Å²) < 4.78 is 10.9. The molecule has 0 saturated carbocycles. The number of ether oxygens (including phenoxy) is 1. The highest BCUT2D eigenvalue weighted by atomic mass is 16.5. The van der Waals surface area contributed by atoms with Crippen molar-refractivity contribution >= 4 is 5.91 Å². The van der Waals surface area contributed by atoms with Gasteiger partial charge in [0.1, 0.15) is 5.76 Å². The Kier molecular flexibility index (Phi) is 3.83. The lowest BCUT2D eigenvalue weighted by Crippen LogP contribution is -2.32. The zero-order valence-corrected chi connectivity index (χ0v) is 11.2. The van der Waals surface area contributed by atoms with Crippen LogP contribution in [0.1, 0.15) is 23.2 Å². The Morgan fingerprint density at radius 1 is 1.25 bits per heavy atom. The van der Waals surface area contributed by atoms with Gasteiger partial charge in [-0.25, -0.2) is 0 Å². The summed E-state index contributed by atoms with van der Waals surface area (Å²) in [6, 6.07) is 11.1. The number of amides is 1. The molecule has 1 N–H and O–H groups in total. The van der Waals surface area contributed by atoms with E-state index in [1.165, 1.54) is 0 Å². The molecule has 0 bridgehead atoms. The molecule has 0 spiro atoms. The number of hydrogen-bond donors (Lipinski definition) is 1. The van der Waals surface area contributed by atoms with Crippen molar-refractivity contribution in [1.29, 1.82) is 0 Å². The molecular weight excluding hydrogens is 254 g/mol. The number of nitrogens with one attached hydrogen (secondary N) is 1. The lowest BCUT2D eigenvalue weighted by Gasteiger charge is -2.12. The number of carbonyl (C=O) groups excluding carboxylic acids is 1. The second-order valence-corrected chi connectivity index (χ2v) is 4.87. The fraction of sp³-hybridized carbons (Fsp3) is 0.312. The quantitative estimate of drug-likeness (QED) is 0.930. The van der Waals surface area contributed by atoms with Crippen LogP contribution < -0.4 is 5.32 Å². The van der Waals surface area contributed by atoms with E-state index >= 15 is 0 Å².